The number of amides is 1. The number of carbonyl (C=O) groups excluding carboxylic acids is 1. The number of rotatable bonds is 7. The maximum absolute atomic E-state index is 11.8. The Kier molecular flexibility index (Phi) is 5.64. The molecule has 0 radical (unpaired) electrons. The molecule has 4 heteroatoms. The second-order valence-corrected chi connectivity index (χ2v) is 4.55. The first-order valence-corrected chi connectivity index (χ1v) is 6.89. The molecule has 0 aliphatic rings. The maximum atomic E-state index is 11.8. The first-order chi connectivity index (χ1) is 10.3. The fraction of sp³-hybridized carbons (Fsp3) is 0.235. The van der Waals surface area contributed by atoms with Gasteiger partial charge in [-0.15, -0.1) is 0 Å². The topological polar surface area (TPSA) is 47.6 Å². The molecule has 0 aromatic heterocycles. The predicted octanol–water partition coefficient (Wildman–Crippen LogP) is 3.49. The lowest BCUT2D eigenvalue weighted by Crippen LogP contribution is -2.12. The van der Waals surface area contributed by atoms with Crippen LogP contribution in [0.5, 0.6) is 11.5 Å². The van der Waals surface area contributed by atoms with E-state index in [1.165, 1.54) is 0 Å². The average molecular weight is 285 g/mol. The van der Waals surface area contributed by atoms with E-state index >= 15 is 0 Å². The van der Waals surface area contributed by atoms with E-state index in [9.17, 15) is 4.79 Å². The molecule has 4 nitrogen and oxygen atoms in total. The summed E-state index contributed by atoms with van der Waals surface area (Å²) in [5.41, 5.74) is 0.739. The van der Waals surface area contributed by atoms with Crippen LogP contribution in [0.15, 0.2) is 54.6 Å². The van der Waals surface area contributed by atoms with Gasteiger partial charge in [0.2, 0.25) is 5.91 Å². The molecule has 0 aliphatic heterocycles. The van der Waals surface area contributed by atoms with Gasteiger partial charge in [-0.05, 0) is 30.7 Å². The van der Waals surface area contributed by atoms with Crippen LogP contribution in [-0.4, -0.2) is 19.6 Å². The molecule has 0 saturated carbocycles. The Labute approximate surface area is 124 Å². The highest BCUT2D eigenvalue weighted by atomic mass is 16.5. The van der Waals surface area contributed by atoms with Gasteiger partial charge in [-0.1, -0.05) is 24.3 Å². The molecule has 0 heterocycles. The summed E-state index contributed by atoms with van der Waals surface area (Å²) in [4.78, 5) is 11.8. The van der Waals surface area contributed by atoms with E-state index < -0.39 is 0 Å². The third-order valence-electron chi connectivity index (χ3n) is 2.91. The van der Waals surface area contributed by atoms with Crippen molar-refractivity contribution in [1.82, 2.24) is 0 Å². The Morgan fingerprint density at radius 1 is 1.05 bits per heavy atom. The van der Waals surface area contributed by atoms with Gasteiger partial charge in [-0.2, -0.15) is 0 Å². The monoisotopic (exact) mass is 285 g/mol. The van der Waals surface area contributed by atoms with E-state index in [1.807, 2.05) is 48.5 Å². The van der Waals surface area contributed by atoms with Gasteiger partial charge in [0.25, 0.3) is 0 Å². The summed E-state index contributed by atoms with van der Waals surface area (Å²) in [6.07, 6.45) is 1.09. The van der Waals surface area contributed by atoms with Gasteiger partial charge in [0.1, 0.15) is 11.5 Å². The van der Waals surface area contributed by atoms with Crippen molar-refractivity contribution in [2.45, 2.75) is 12.8 Å². The SMILES string of the molecule is COc1cccc(NC(=O)CCCOc2ccccc2)c1. The Morgan fingerprint density at radius 2 is 1.81 bits per heavy atom. The highest BCUT2D eigenvalue weighted by Gasteiger charge is 2.03. The van der Waals surface area contributed by atoms with E-state index in [-0.39, 0.29) is 5.91 Å². The highest BCUT2D eigenvalue weighted by molar-refractivity contribution is 5.90. The van der Waals surface area contributed by atoms with Crippen LogP contribution in [0.4, 0.5) is 5.69 Å². The Bertz CT molecular complexity index is 569. The van der Waals surface area contributed by atoms with Crippen molar-refractivity contribution in [2.75, 3.05) is 19.0 Å². The van der Waals surface area contributed by atoms with Crippen molar-refractivity contribution in [2.24, 2.45) is 0 Å². The van der Waals surface area contributed by atoms with Gasteiger partial charge in [-0.3, -0.25) is 4.79 Å². The van der Waals surface area contributed by atoms with E-state index in [0.717, 1.165) is 17.2 Å². The van der Waals surface area contributed by atoms with Crippen molar-refractivity contribution in [3.05, 3.63) is 54.6 Å². The molecular weight excluding hydrogens is 266 g/mol. The van der Waals surface area contributed by atoms with Crippen molar-refractivity contribution in [3.63, 3.8) is 0 Å². The first-order valence-electron chi connectivity index (χ1n) is 6.89. The molecular formula is C17H19NO3. The number of methoxy groups -OCH3 is 1. The number of anilines is 1. The van der Waals surface area contributed by atoms with Crippen molar-refractivity contribution in [1.29, 1.82) is 0 Å². The first kappa shape index (κ1) is 14.9. The lowest BCUT2D eigenvalue weighted by Gasteiger charge is -2.08. The van der Waals surface area contributed by atoms with Gasteiger partial charge in [0.15, 0.2) is 0 Å². The van der Waals surface area contributed by atoms with Crippen molar-refractivity contribution in [3.8, 4) is 11.5 Å². The molecule has 0 fully saturated rings. The summed E-state index contributed by atoms with van der Waals surface area (Å²) in [7, 11) is 1.60. The number of ether oxygens (including phenoxy) is 2. The summed E-state index contributed by atoms with van der Waals surface area (Å²) in [6, 6.07) is 16.9. The Hall–Kier alpha value is -2.49. The van der Waals surface area contributed by atoms with E-state index in [4.69, 9.17) is 9.47 Å². The number of nitrogens with one attached hydrogen (secondary N) is 1. The molecule has 2 aromatic rings. The molecule has 0 saturated heterocycles. The summed E-state index contributed by atoms with van der Waals surface area (Å²) in [6.45, 7) is 0.523. The normalized spacial score (nSPS) is 9.95. The zero-order valence-electron chi connectivity index (χ0n) is 12.0. The lowest BCUT2D eigenvalue weighted by atomic mass is 10.2. The molecule has 2 rings (SSSR count). The van der Waals surface area contributed by atoms with Crippen LogP contribution in [-0.2, 0) is 4.79 Å². The van der Waals surface area contributed by atoms with Crippen LogP contribution >= 0.6 is 0 Å². The lowest BCUT2D eigenvalue weighted by molar-refractivity contribution is -0.116. The Balaban J connectivity index is 1.70. The van der Waals surface area contributed by atoms with Crippen LogP contribution in [0, 0.1) is 0 Å². The summed E-state index contributed by atoms with van der Waals surface area (Å²) >= 11 is 0. The molecule has 0 atom stereocenters. The molecule has 21 heavy (non-hydrogen) atoms. The number of benzene rings is 2. The third-order valence-corrected chi connectivity index (χ3v) is 2.91. The minimum absolute atomic E-state index is 0.0279. The molecule has 1 amide bonds. The van der Waals surface area contributed by atoms with Gasteiger partial charge in [0, 0.05) is 18.2 Å². The average Bonchev–Trinajstić information content (AvgIpc) is 2.53. The van der Waals surface area contributed by atoms with Crippen LogP contribution in [0.25, 0.3) is 0 Å². The number of para-hydroxylation sites is 1. The largest absolute Gasteiger partial charge is 0.497 e. The van der Waals surface area contributed by atoms with Crippen molar-refractivity contribution < 1.29 is 14.3 Å². The highest BCUT2D eigenvalue weighted by Crippen LogP contribution is 2.17. The molecule has 0 unspecified atom stereocenters. The van der Waals surface area contributed by atoms with Crippen LogP contribution < -0.4 is 14.8 Å². The number of hydrogen-bond donors (Lipinski definition) is 1. The molecule has 110 valence electrons. The van der Waals surface area contributed by atoms with Crippen LogP contribution in [0.2, 0.25) is 0 Å². The fourth-order valence-electron chi connectivity index (χ4n) is 1.86. The molecule has 2 aromatic carbocycles. The molecule has 0 spiro atoms. The van der Waals surface area contributed by atoms with Crippen LogP contribution in [0.1, 0.15) is 12.8 Å². The van der Waals surface area contributed by atoms with Gasteiger partial charge in [-0.25, -0.2) is 0 Å². The zero-order valence-corrected chi connectivity index (χ0v) is 12.0. The quantitative estimate of drug-likeness (QED) is 0.792. The number of carbonyl (C=O) groups is 1. The predicted molar refractivity (Wildman–Crippen MR) is 82.8 cm³/mol. The smallest absolute Gasteiger partial charge is 0.224 e. The third kappa shape index (κ3) is 5.18. The van der Waals surface area contributed by atoms with Gasteiger partial charge < -0.3 is 14.8 Å². The van der Waals surface area contributed by atoms with E-state index in [2.05, 4.69) is 5.32 Å². The summed E-state index contributed by atoms with van der Waals surface area (Å²) in [5.74, 6) is 1.52. The second kappa shape index (κ2) is 7.94. The number of hydrogen-bond acceptors (Lipinski definition) is 3. The Morgan fingerprint density at radius 3 is 2.57 bits per heavy atom. The van der Waals surface area contributed by atoms with E-state index in [1.54, 1.807) is 13.2 Å². The fourth-order valence-corrected chi connectivity index (χ4v) is 1.86. The van der Waals surface area contributed by atoms with Gasteiger partial charge in [0.05, 0.1) is 13.7 Å². The zero-order chi connectivity index (χ0) is 14.9. The second-order valence-electron chi connectivity index (χ2n) is 4.55. The summed E-state index contributed by atoms with van der Waals surface area (Å²) < 4.78 is 10.7. The minimum atomic E-state index is -0.0279. The van der Waals surface area contributed by atoms with Crippen LogP contribution in [0.3, 0.4) is 0 Å². The maximum Gasteiger partial charge on any atom is 0.224 e. The summed E-state index contributed by atoms with van der Waals surface area (Å²) in [5, 5.41) is 2.84. The van der Waals surface area contributed by atoms with Crippen molar-refractivity contribution >= 4 is 11.6 Å². The van der Waals surface area contributed by atoms with E-state index in [0.29, 0.717) is 19.4 Å². The molecule has 0 bridgehead atoms. The minimum Gasteiger partial charge on any atom is -0.497 e. The standard InChI is InChI=1S/C17H19NO3/c1-20-16-10-5-7-14(13-16)18-17(19)11-6-12-21-15-8-3-2-4-9-15/h2-5,7-10,13H,6,11-12H2,1H3,(H,18,19). The molecule has 0 aliphatic carbocycles. The molecule has 1 N–H and O–H groups in total. The van der Waals surface area contributed by atoms with Gasteiger partial charge >= 0.3 is 0 Å².